The third kappa shape index (κ3) is 6.96. The number of benzene rings is 1. The summed E-state index contributed by atoms with van der Waals surface area (Å²) in [5.74, 6) is 0.831. The number of hydrogen-bond donors (Lipinski definition) is 1. The molecule has 1 saturated carbocycles. The molecule has 0 spiro atoms. The number of piperidine rings is 1. The van der Waals surface area contributed by atoms with Crippen molar-refractivity contribution < 1.29 is 18.0 Å². The normalized spacial score (nSPS) is 18.7. The fourth-order valence-electron chi connectivity index (χ4n) is 4.49. The van der Waals surface area contributed by atoms with Gasteiger partial charge in [-0.3, -0.25) is 9.59 Å². The molecule has 0 radical (unpaired) electrons. The standard InChI is InChI=1S/C23H35N3O4S2/c1-25(32(2,29)30)19-12-14-26(15-13-19)23(28)20-10-6-7-11-21(20)31-17-22(27)24-16-18-8-4-3-5-9-18/h6-7,10-11,18-19H,3-5,8-9,12-17H2,1-2H3,(H,24,27). The summed E-state index contributed by atoms with van der Waals surface area (Å²) < 4.78 is 25.0. The molecule has 0 unspecified atom stereocenters. The predicted octanol–water partition coefficient (Wildman–Crippen LogP) is 2.97. The number of likely N-dealkylation sites (tertiary alicyclic amines) is 1. The third-order valence-electron chi connectivity index (χ3n) is 6.58. The summed E-state index contributed by atoms with van der Waals surface area (Å²) >= 11 is 1.40. The molecule has 1 heterocycles. The Bertz CT molecular complexity index is 892. The molecule has 7 nitrogen and oxygen atoms in total. The van der Waals surface area contributed by atoms with E-state index in [4.69, 9.17) is 0 Å². The van der Waals surface area contributed by atoms with Crippen molar-refractivity contribution in [2.45, 2.75) is 55.9 Å². The smallest absolute Gasteiger partial charge is 0.254 e. The first kappa shape index (κ1) is 25.1. The van der Waals surface area contributed by atoms with Crippen LogP contribution in [0.25, 0.3) is 0 Å². The molecule has 1 aromatic carbocycles. The van der Waals surface area contributed by atoms with Gasteiger partial charge in [0.05, 0.1) is 17.6 Å². The second kappa shape index (κ2) is 11.5. The van der Waals surface area contributed by atoms with Crippen molar-refractivity contribution >= 4 is 33.6 Å². The van der Waals surface area contributed by atoms with Crippen molar-refractivity contribution in [3.8, 4) is 0 Å². The van der Waals surface area contributed by atoms with Crippen molar-refractivity contribution in [2.24, 2.45) is 5.92 Å². The first-order chi connectivity index (χ1) is 15.3. The van der Waals surface area contributed by atoms with E-state index in [0.717, 1.165) is 11.4 Å². The molecule has 2 fully saturated rings. The zero-order valence-electron chi connectivity index (χ0n) is 19.1. The van der Waals surface area contributed by atoms with Gasteiger partial charge in [0, 0.05) is 37.6 Å². The van der Waals surface area contributed by atoms with E-state index < -0.39 is 10.0 Å². The first-order valence-corrected chi connectivity index (χ1v) is 14.3. The number of amides is 2. The summed E-state index contributed by atoms with van der Waals surface area (Å²) in [6.07, 6.45) is 8.66. The zero-order valence-corrected chi connectivity index (χ0v) is 20.7. The molecule has 1 aliphatic heterocycles. The summed E-state index contributed by atoms with van der Waals surface area (Å²) in [5, 5.41) is 3.05. The fraction of sp³-hybridized carbons (Fsp3) is 0.652. The van der Waals surface area contributed by atoms with Crippen molar-refractivity contribution in [3.05, 3.63) is 29.8 Å². The highest BCUT2D eigenvalue weighted by Gasteiger charge is 2.30. The number of carbonyl (C=O) groups excluding carboxylic acids is 2. The molecule has 9 heteroatoms. The topological polar surface area (TPSA) is 86.8 Å². The average Bonchev–Trinajstić information content (AvgIpc) is 2.81. The lowest BCUT2D eigenvalue weighted by atomic mass is 9.89. The molecule has 0 atom stereocenters. The second-order valence-corrected chi connectivity index (χ2v) is 12.0. The molecule has 178 valence electrons. The minimum absolute atomic E-state index is 0.00690. The van der Waals surface area contributed by atoms with Gasteiger partial charge in [-0.1, -0.05) is 31.4 Å². The maximum atomic E-state index is 13.2. The maximum Gasteiger partial charge on any atom is 0.254 e. The number of sulfonamides is 1. The van der Waals surface area contributed by atoms with Crippen LogP contribution in [-0.4, -0.2) is 74.2 Å². The summed E-state index contributed by atoms with van der Waals surface area (Å²) in [7, 11) is -1.64. The fourth-order valence-corrected chi connectivity index (χ4v) is 6.11. The number of nitrogens with zero attached hydrogens (tertiary/aromatic N) is 2. The SMILES string of the molecule is CN(C1CCN(C(=O)c2ccccc2SCC(=O)NCC2CCCCC2)CC1)S(C)(=O)=O. The quantitative estimate of drug-likeness (QED) is 0.577. The van der Waals surface area contributed by atoms with E-state index in [0.29, 0.717) is 37.4 Å². The van der Waals surface area contributed by atoms with Crippen LogP contribution in [-0.2, 0) is 14.8 Å². The van der Waals surface area contributed by atoms with Gasteiger partial charge < -0.3 is 10.2 Å². The minimum atomic E-state index is -3.24. The third-order valence-corrected chi connectivity index (χ3v) is 9.00. The number of carbonyl (C=O) groups is 2. The summed E-state index contributed by atoms with van der Waals surface area (Å²) in [4.78, 5) is 28.1. The lowest BCUT2D eigenvalue weighted by molar-refractivity contribution is -0.118. The van der Waals surface area contributed by atoms with E-state index in [2.05, 4.69) is 5.32 Å². The van der Waals surface area contributed by atoms with Crippen molar-refractivity contribution in [2.75, 3.05) is 38.7 Å². The van der Waals surface area contributed by atoms with Gasteiger partial charge in [0.15, 0.2) is 0 Å². The van der Waals surface area contributed by atoms with Crippen LogP contribution in [0.15, 0.2) is 29.2 Å². The Kier molecular flexibility index (Phi) is 9.02. The van der Waals surface area contributed by atoms with Crippen molar-refractivity contribution in [1.82, 2.24) is 14.5 Å². The van der Waals surface area contributed by atoms with Crippen LogP contribution in [0.4, 0.5) is 0 Å². The van der Waals surface area contributed by atoms with Gasteiger partial charge >= 0.3 is 0 Å². The molecular weight excluding hydrogens is 446 g/mol. The van der Waals surface area contributed by atoms with Gasteiger partial charge in [-0.15, -0.1) is 11.8 Å². The van der Waals surface area contributed by atoms with Crippen LogP contribution in [0.3, 0.4) is 0 Å². The largest absolute Gasteiger partial charge is 0.355 e. The van der Waals surface area contributed by atoms with E-state index in [1.54, 1.807) is 18.0 Å². The van der Waals surface area contributed by atoms with E-state index in [1.807, 2.05) is 18.2 Å². The predicted molar refractivity (Wildman–Crippen MR) is 128 cm³/mol. The molecule has 1 N–H and O–H groups in total. The summed E-state index contributed by atoms with van der Waals surface area (Å²) in [5.41, 5.74) is 0.604. The van der Waals surface area contributed by atoms with E-state index >= 15 is 0 Å². The molecular formula is C23H35N3O4S2. The van der Waals surface area contributed by atoms with Gasteiger partial charge in [0.2, 0.25) is 15.9 Å². The highest BCUT2D eigenvalue weighted by atomic mass is 32.2. The second-order valence-electron chi connectivity index (χ2n) is 8.90. The molecule has 1 saturated heterocycles. The summed E-state index contributed by atoms with van der Waals surface area (Å²) in [6, 6.07) is 7.33. The number of rotatable bonds is 8. The van der Waals surface area contributed by atoms with Gasteiger partial charge in [-0.2, -0.15) is 0 Å². The zero-order chi connectivity index (χ0) is 23.1. The van der Waals surface area contributed by atoms with E-state index in [9.17, 15) is 18.0 Å². The lowest BCUT2D eigenvalue weighted by Gasteiger charge is -2.35. The van der Waals surface area contributed by atoms with Gasteiger partial charge in [-0.25, -0.2) is 12.7 Å². The van der Waals surface area contributed by atoms with Gasteiger partial charge in [0.1, 0.15) is 0 Å². The highest BCUT2D eigenvalue weighted by molar-refractivity contribution is 8.00. The Morgan fingerprint density at radius 2 is 1.75 bits per heavy atom. The number of nitrogens with one attached hydrogen (secondary N) is 1. The van der Waals surface area contributed by atoms with Crippen LogP contribution in [0.2, 0.25) is 0 Å². The van der Waals surface area contributed by atoms with E-state index in [-0.39, 0.29) is 23.6 Å². The molecule has 0 bridgehead atoms. The Morgan fingerprint density at radius 3 is 2.41 bits per heavy atom. The molecule has 1 aromatic rings. The van der Waals surface area contributed by atoms with Crippen LogP contribution in [0.5, 0.6) is 0 Å². The Balaban J connectivity index is 1.52. The van der Waals surface area contributed by atoms with Gasteiger partial charge in [-0.05, 0) is 43.7 Å². The Hall–Kier alpha value is -1.58. The Labute approximate surface area is 196 Å². The van der Waals surface area contributed by atoms with E-state index in [1.165, 1.54) is 54.4 Å². The Morgan fingerprint density at radius 1 is 1.09 bits per heavy atom. The highest BCUT2D eigenvalue weighted by Crippen LogP contribution is 2.26. The molecule has 32 heavy (non-hydrogen) atoms. The molecule has 3 rings (SSSR count). The first-order valence-electron chi connectivity index (χ1n) is 11.5. The van der Waals surface area contributed by atoms with Crippen LogP contribution in [0.1, 0.15) is 55.3 Å². The summed E-state index contributed by atoms with van der Waals surface area (Å²) in [6.45, 7) is 1.78. The maximum absolute atomic E-state index is 13.2. The van der Waals surface area contributed by atoms with Crippen molar-refractivity contribution in [1.29, 1.82) is 0 Å². The molecule has 0 aromatic heterocycles. The monoisotopic (exact) mass is 481 g/mol. The molecule has 2 aliphatic rings. The average molecular weight is 482 g/mol. The number of hydrogen-bond acceptors (Lipinski definition) is 5. The van der Waals surface area contributed by atoms with Crippen molar-refractivity contribution in [3.63, 3.8) is 0 Å². The van der Waals surface area contributed by atoms with Crippen LogP contribution >= 0.6 is 11.8 Å². The van der Waals surface area contributed by atoms with Crippen LogP contribution < -0.4 is 5.32 Å². The minimum Gasteiger partial charge on any atom is -0.355 e. The molecule has 1 aliphatic carbocycles. The molecule has 2 amide bonds. The number of thioether (sulfide) groups is 1. The van der Waals surface area contributed by atoms with Gasteiger partial charge in [0.25, 0.3) is 5.91 Å². The lowest BCUT2D eigenvalue weighted by Crippen LogP contribution is -2.47. The van der Waals surface area contributed by atoms with Crippen LogP contribution in [0, 0.1) is 5.92 Å².